The number of aryl methyl sites for hydroxylation is 2. The molecular formula is C15H16N4S. The van der Waals surface area contributed by atoms with Crippen molar-refractivity contribution in [1.29, 1.82) is 0 Å². The van der Waals surface area contributed by atoms with Crippen LogP contribution in [-0.2, 0) is 13.0 Å². The van der Waals surface area contributed by atoms with Crippen LogP contribution in [0.15, 0.2) is 54.4 Å². The lowest BCUT2D eigenvalue weighted by Crippen LogP contribution is -2.17. The summed E-state index contributed by atoms with van der Waals surface area (Å²) in [5, 5.41) is 3.14. The molecule has 5 heteroatoms. The van der Waals surface area contributed by atoms with E-state index < -0.39 is 0 Å². The second kappa shape index (κ2) is 5.98. The van der Waals surface area contributed by atoms with Crippen LogP contribution in [-0.4, -0.2) is 14.5 Å². The van der Waals surface area contributed by atoms with Crippen LogP contribution in [0.5, 0.6) is 0 Å². The molecule has 102 valence electrons. The van der Waals surface area contributed by atoms with Gasteiger partial charge in [0.15, 0.2) is 0 Å². The lowest BCUT2D eigenvalue weighted by molar-refractivity contribution is 0.635. The van der Waals surface area contributed by atoms with Crippen LogP contribution in [0, 0.1) is 0 Å². The van der Waals surface area contributed by atoms with Crippen molar-refractivity contribution in [1.82, 2.24) is 14.5 Å². The van der Waals surface area contributed by atoms with Crippen LogP contribution >= 0.6 is 11.3 Å². The third-order valence-corrected chi connectivity index (χ3v) is 4.11. The van der Waals surface area contributed by atoms with E-state index in [-0.39, 0.29) is 6.04 Å². The van der Waals surface area contributed by atoms with E-state index in [0.717, 1.165) is 29.2 Å². The fourth-order valence-corrected chi connectivity index (χ4v) is 2.81. The highest BCUT2D eigenvalue weighted by molar-refractivity contribution is 7.09. The quantitative estimate of drug-likeness (QED) is 0.783. The molecule has 0 fully saturated rings. The summed E-state index contributed by atoms with van der Waals surface area (Å²) >= 11 is 1.68. The van der Waals surface area contributed by atoms with Crippen LogP contribution in [0.1, 0.15) is 22.3 Å². The molecule has 0 radical (unpaired) electrons. The molecule has 4 nitrogen and oxygen atoms in total. The first-order valence-electron chi connectivity index (χ1n) is 6.53. The number of imidazole rings is 1. The van der Waals surface area contributed by atoms with Crippen LogP contribution in [0.2, 0.25) is 0 Å². The Labute approximate surface area is 121 Å². The summed E-state index contributed by atoms with van der Waals surface area (Å²) in [6, 6.07) is 9.95. The van der Waals surface area contributed by atoms with E-state index in [4.69, 9.17) is 5.73 Å². The van der Waals surface area contributed by atoms with E-state index in [1.54, 1.807) is 11.3 Å². The maximum Gasteiger partial charge on any atom is 0.0948 e. The zero-order valence-electron chi connectivity index (χ0n) is 11.0. The minimum absolute atomic E-state index is 0.144. The molecule has 1 aromatic carbocycles. The van der Waals surface area contributed by atoms with E-state index >= 15 is 0 Å². The van der Waals surface area contributed by atoms with Gasteiger partial charge in [-0.2, -0.15) is 0 Å². The molecular weight excluding hydrogens is 268 g/mol. The first-order chi connectivity index (χ1) is 9.84. The van der Waals surface area contributed by atoms with Gasteiger partial charge in [-0.3, -0.25) is 0 Å². The molecule has 2 N–H and O–H groups in total. The van der Waals surface area contributed by atoms with Crippen molar-refractivity contribution >= 4 is 11.3 Å². The number of hydrogen-bond acceptors (Lipinski definition) is 4. The van der Waals surface area contributed by atoms with Crippen molar-refractivity contribution in [2.75, 3.05) is 0 Å². The molecule has 0 aliphatic heterocycles. The normalized spacial score (nSPS) is 12.4. The molecule has 0 bridgehead atoms. The van der Waals surface area contributed by atoms with E-state index in [0.29, 0.717) is 0 Å². The zero-order valence-corrected chi connectivity index (χ0v) is 11.8. The van der Waals surface area contributed by atoms with Crippen molar-refractivity contribution in [3.05, 3.63) is 70.7 Å². The van der Waals surface area contributed by atoms with Crippen molar-refractivity contribution in [3.63, 3.8) is 0 Å². The van der Waals surface area contributed by atoms with E-state index in [2.05, 4.69) is 14.5 Å². The minimum atomic E-state index is -0.144. The molecule has 0 aliphatic rings. The van der Waals surface area contributed by atoms with Gasteiger partial charge >= 0.3 is 0 Å². The second-order valence-corrected chi connectivity index (χ2v) is 5.56. The predicted octanol–water partition coefficient (Wildman–Crippen LogP) is 2.63. The van der Waals surface area contributed by atoms with Gasteiger partial charge < -0.3 is 10.3 Å². The van der Waals surface area contributed by atoms with Gasteiger partial charge in [-0.05, 0) is 5.56 Å². The second-order valence-electron chi connectivity index (χ2n) is 4.58. The minimum Gasteiger partial charge on any atom is -0.332 e. The predicted molar refractivity (Wildman–Crippen MR) is 80.5 cm³/mol. The van der Waals surface area contributed by atoms with Crippen molar-refractivity contribution < 1.29 is 0 Å². The van der Waals surface area contributed by atoms with E-state index in [1.807, 2.05) is 54.4 Å². The molecule has 0 spiro atoms. The topological polar surface area (TPSA) is 56.7 Å². The molecule has 0 saturated carbocycles. The standard InChI is InChI=1S/C15H16N4S/c16-15(12-4-2-1-3-5-12)13-10-17-11-19(13)8-6-14-18-7-9-20-14/h1-5,7,9-11,15H,6,8,16H2. The monoisotopic (exact) mass is 284 g/mol. The Hall–Kier alpha value is -1.98. The van der Waals surface area contributed by atoms with E-state index in [1.165, 1.54) is 0 Å². The number of aromatic nitrogens is 3. The summed E-state index contributed by atoms with van der Waals surface area (Å²) in [6.45, 7) is 0.851. The fraction of sp³-hybridized carbons (Fsp3) is 0.200. The van der Waals surface area contributed by atoms with Crippen molar-refractivity contribution in [2.45, 2.75) is 19.0 Å². The van der Waals surface area contributed by atoms with Gasteiger partial charge in [0, 0.05) is 24.5 Å². The number of hydrogen-bond donors (Lipinski definition) is 1. The SMILES string of the molecule is NC(c1ccccc1)c1cncn1CCc1nccs1. The van der Waals surface area contributed by atoms with Crippen LogP contribution in [0.25, 0.3) is 0 Å². The Balaban J connectivity index is 1.76. The van der Waals surface area contributed by atoms with Gasteiger partial charge in [0.25, 0.3) is 0 Å². The number of benzene rings is 1. The van der Waals surface area contributed by atoms with Gasteiger partial charge in [0.05, 0.1) is 29.3 Å². The van der Waals surface area contributed by atoms with Gasteiger partial charge in [0.2, 0.25) is 0 Å². The maximum absolute atomic E-state index is 6.34. The molecule has 0 saturated heterocycles. The third kappa shape index (κ3) is 2.79. The molecule has 2 heterocycles. The van der Waals surface area contributed by atoms with E-state index in [9.17, 15) is 0 Å². The van der Waals surface area contributed by atoms with Crippen LogP contribution < -0.4 is 5.73 Å². The largest absolute Gasteiger partial charge is 0.332 e. The highest BCUT2D eigenvalue weighted by atomic mass is 32.1. The summed E-state index contributed by atoms with van der Waals surface area (Å²) in [7, 11) is 0. The molecule has 2 aromatic heterocycles. The highest BCUT2D eigenvalue weighted by Crippen LogP contribution is 2.19. The summed E-state index contributed by atoms with van der Waals surface area (Å²) in [5.41, 5.74) is 8.47. The third-order valence-electron chi connectivity index (χ3n) is 3.27. The average Bonchev–Trinajstić information content (AvgIpc) is 3.16. The number of nitrogens with two attached hydrogens (primary N) is 1. The molecule has 1 unspecified atom stereocenters. The smallest absolute Gasteiger partial charge is 0.0948 e. The van der Waals surface area contributed by atoms with Gasteiger partial charge in [-0.25, -0.2) is 9.97 Å². The molecule has 1 atom stereocenters. The lowest BCUT2D eigenvalue weighted by atomic mass is 10.1. The summed E-state index contributed by atoms with van der Waals surface area (Å²) in [4.78, 5) is 8.54. The number of nitrogens with zero attached hydrogens (tertiary/aromatic N) is 3. The Morgan fingerprint density at radius 3 is 2.85 bits per heavy atom. The van der Waals surface area contributed by atoms with Crippen molar-refractivity contribution in [3.8, 4) is 0 Å². The summed E-state index contributed by atoms with van der Waals surface area (Å²) in [5.74, 6) is 0. The molecule has 0 amide bonds. The van der Waals surface area contributed by atoms with Gasteiger partial charge in [0.1, 0.15) is 0 Å². The zero-order chi connectivity index (χ0) is 13.8. The molecule has 20 heavy (non-hydrogen) atoms. The lowest BCUT2D eigenvalue weighted by Gasteiger charge is -2.14. The number of thiazole rings is 1. The summed E-state index contributed by atoms with van der Waals surface area (Å²) in [6.07, 6.45) is 6.43. The Bertz CT molecular complexity index is 646. The molecule has 0 aliphatic carbocycles. The average molecular weight is 284 g/mol. The highest BCUT2D eigenvalue weighted by Gasteiger charge is 2.13. The number of rotatable bonds is 5. The first-order valence-corrected chi connectivity index (χ1v) is 7.41. The first kappa shape index (κ1) is 13.0. The summed E-state index contributed by atoms with van der Waals surface area (Å²) < 4.78 is 2.11. The Morgan fingerprint density at radius 2 is 2.10 bits per heavy atom. The Kier molecular flexibility index (Phi) is 3.90. The molecule has 3 rings (SSSR count). The molecule has 3 aromatic rings. The van der Waals surface area contributed by atoms with Crippen molar-refractivity contribution in [2.24, 2.45) is 5.73 Å². The maximum atomic E-state index is 6.34. The van der Waals surface area contributed by atoms with Gasteiger partial charge in [-0.1, -0.05) is 30.3 Å². The van der Waals surface area contributed by atoms with Gasteiger partial charge in [-0.15, -0.1) is 11.3 Å². The Morgan fingerprint density at radius 1 is 1.25 bits per heavy atom. The fourth-order valence-electron chi connectivity index (χ4n) is 2.20. The van der Waals surface area contributed by atoms with Crippen LogP contribution in [0.3, 0.4) is 0 Å². The van der Waals surface area contributed by atoms with Crippen LogP contribution in [0.4, 0.5) is 0 Å².